The van der Waals surface area contributed by atoms with Crippen LogP contribution in [0.15, 0.2) is 58.4 Å². The van der Waals surface area contributed by atoms with Crippen molar-refractivity contribution < 1.29 is 9.18 Å². The van der Waals surface area contributed by atoms with Gasteiger partial charge >= 0.3 is 0 Å². The Bertz CT molecular complexity index is 833. The molecular formula is C17H12BrFN2OS. The van der Waals surface area contributed by atoms with Crippen LogP contribution in [0.1, 0.15) is 21.1 Å². The van der Waals surface area contributed by atoms with Gasteiger partial charge in [0.1, 0.15) is 11.5 Å². The minimum absolute atomic E-state index is 0.261. The average Bonchev–Trinajstić information content (AvgIpc) is 3.01. The lowest BCUT2D eigenvalue weighted by Gasteiger charge is -2.03. The first-order valence-electron chi connectivity index (χ1n) is 6.86. The molecule has 0 unspecified atom stereocenters. The molecule has 3 nitrogen and oxygen atoms in total. The maximum Gasteiger partial charge on any atom is 0.275 e. The molecule has 1 heterocycles. The Morgan fingerprint density at radius 1 is 1.17 bits per heavy atom. The average molecular weight is 391 g/mol. The van der Waals surface area contributed by atoms with Crippen LogP contribution in [0.5, 0.6) is 0 Å². The van der Waals surface area contributed by atoms with E-state index in [-0.39, 0.29) is 11.7 Å². The van der Waals surface area contributed by atoms with E-state index in [0.29, 0.717) is 28.4 Å². The summed E-state index contributed by atoms with van der Waals surface area (Å²) in [6, 6.07) is 13.9. The number of hydrogen-bond donors (Lipinski definition) is 1. The highest BCUT2D eigenvalue weighted by atomic mass is 79.9. The van der Waals surface area contributed by atoms with E-state index in [1.165, 1.54) is 17.4 Å². The number of halogens is 2. The third kappa shape index (κ3) is 4.03. The third-order valence-corrected chi connectivity index (χ3v) is 4.56. The number of rotatable bonds is 4. The van der Waals surface area contributed by atoms with Gasteiger partial charge < -0.3 is 5.32 Å². The van der Waals surface area contributed by atoms with Crippen molar-refractivity contribution in [2.24, 2.45) is 0 Å². The Hall–Kier alpha value is -2.05. The molecule has 23 heavy (non-hydrogen) atoms. The summed E-state index contributed by atoms with van der Waals surface area (Å²) in [5.41, 5.74) is 1.60. The maximum atomic E-state index is 13.7. The molecule has 3 aromatic rings. The number of aromatic nitrogens is 1. The summed E-state index contributed by atoms with van der Waals surface area (Å²) in [4.78, 5) is 16.5. The fourth-order valence-corrected chi connectivity index (χ4v) is 3.09. The largest absolute Gasteiger partial charge is 0.321 e. The SMILES string of the molecule is O=C(Nc1ccc(Br)cc1)c1csc(Cc2ccccc2F)n1. The van der Waals surface area contributed by atoms with E-state index < -0.39 is 0 Å². The molecule has 0 saturated heterocycles. The summed E-state index contributed by atoms with van der Waals surface area (Å²) >= 11 is 4.69. The number of carbonyl (C=O) groups excluding carboxylic acids is 1. The molecule has 0 aliphatic heterocycles. The van der Waals surface area contributed by atoms with Gasteiger partial charge in [0.15, 0.2) is 0 Å². The van der Waals surface area contributed by atoms with Crippen LogP contribution in [-0.4, -0.2) is 10.9 Å². The summed E-state index contributed by atoms with van der Waals surface area (Å²) in [6.45, 7) is 0. The van der Waals surface area contributed by atoms with E-state index in [1.54, 1.807) is 35.7 Å². The van der Waals surface area contributed by atoms with Crippen molar-refractivity contribution in [1.82, 2.24) is 4.98 Å². The molecule has 0 aliphatic rings. The van der Waals surface area contributed by atoms with Crippen molar-refractivity contribution in [2.45, 2.75) is 6.42 Å². The van der Waals surface area contributed by atoms with E-state index in [2.05, 4.69) is 26.2 Å². The Morgan fingerprint density at radius 3 is 2.65 bits per heavy atom. The van der Waals surface area contributed by atoms with Crippen LogP contribution in [0.3, 0.4) is 0 Å². The predicted octanol–water partition coefficient (Wildman–Crippen LogP) is 4.89. The van der Waals surface area contributed by atoms with Gasteiger partial charge in [-0.3, -0.25) is 4.79 Å². The molecule has 0 atom stereocenters. The topological polar surface area (TPSA) is 42.0 Å². The second-order valence-corrected chi connectivity index (χ2v) is 6.71. The zero-order valence-electron chi connectivity index (χ0n) is 11.9. The molecule has 6 heteroatoms. The molecule has 1 amide bonds. The minimum atomic E-state index is -0.275. The molecule has 0 saturated carbocycles. The standard InChI is InChI=1S/C17H12BrFN2OS/c18-12-5-7-13(8-6-12)20-17(22)15-10-23-16(21-15)9-11-3-1-2-4-14(11)19/h1-8,10H,9H2,(H,20,22). The van der Waals surface area contributed by atoms with Crippen LogP contribution in [0.4, 0.5) is 10.1 Å². The van der Waals surface area contributed by atoms with Crippen LogP contribution in [0.2, 0.25) is 0 Å². The third-order valence-electron chi connectivity index (χ3n) is 3.19. The lowest BCUT2D eigenvalue weighted by atomic mass is 10.1. The Labute approximate surface area is 145 Å². The van der Waals surface area contributed by atoms with E-state index in [9.17, 15) is 9.18 Å². The highest BCUT2D eigenvalue weighted by molar-refractivity contribution is 9.10. The first-order valence-corrected chi connectivity index (χ1v) is 8.54. The number of carbonyl (C=O) groups is 1. The van der Waals surface area contributed by atoms with Gasteiger partial charge in [-0.15, -0.1) is 11.3 Å². The lowest BCUT2D eigenvalue weighted by molar-refractivity contribution is 0.102. The number of nitrogens with one attached hydrogen (secondary N) is 1. The summed E-state index contributed by atoms with van der Waals surface area (Å²) in [5.74, 6) is -0.535. The van der Waals surface area contributed by atoms with Crippen molar-refractivity contribution in [1.29, 1.82) is 0 Å². The summed E-state index contributed by atoms with van der Waals surface area (Å²) in [6.07, 6.45) is 0.378. The zero-order chi connectivity index (χ0) is 16.2. The number of hydrogen-bond acceptors (Lipinski definition) is 3. The molecule has 0 bridgehead atoms. The molecule has 116 valence electrons. The van der Waals surface area contributed by atoms with Crippen LogP contribution in [0, 0.1) is 5.82 Å². The fraction of sp³-hybridized carbons (Fsp3) is 0.0588. The van der Waals surface area contributed by atoms with Crippen molar-refractivity contribution >= 4 is 38.9 Å². The number of thiazole rings is 1. The number of nitrogens with zero attached hydrogens (tertiary/aromatic N) is 1. The minimum Gasteiger partial charge on any atom is -0.321 e. The molecule has 1 N–H and O–H groups in total. The van der Waals surface area contributed by atoms with Crippen molar-refractivity contribution in [2.75, 3.05) is 5.32 Å². The molecule has 2 aromatic carbocycles. The molecule has 0 fully saturated rings. The van der Waals surface area contributed by atoms with Crippen LogP contribution >= 0.6 is 27.3 Å². The molecule has 0 radical (unpaired) electrons. The smallest absolute Gasteiger partial charge is 0.275 e. The van der Waals surface area contributed by atoms with Gasteiger partial charge in [0.2, 0.25) is 0 Å². The van der Waals surface area contributed by atoms with Crippen LogP contribution in [-0.2, 0) is 6.42 Å². The highest BCUT2D eigenvalue weighted by Crippen LogP contribution is 2.19. The first-order chi connectivity index (χ1) is 11.1. The number of anilines is 1. The quantitative estimate of drug-likeness (QED) is 0.688. The summed E-state index contributed by atoms with van der Waals surface area (Å²) in [7, 11) is 0. The summed E-state index contributed by atoms with van der Waals surface area (Å²) in [5, 5.41) is 5.17. The van der Waals surface area contributed by atoms with Crippen LogP contribution in [0.25, 0.3) is 0 Å². The normalized spacial score (nSPS) is 10.5. The van der Waals surface area contributed by atoms with Gasteiger partial charge in [-0.1, -0.05) is 34.1 Å². The maximum absolute atomic E-state index is 13.7. The van der Waals surface area contributed by atoms with E-state index in [4.69, 9.17) is 0 Å². The summed E-state index contributed by atoms with van der Waals surface area (Å²) < 4.78 is 14.6. The second kappa shape index (κ2) is 7.02. The van der Waals surface area contributed by atoms with Gasteiger partial charge in [-0.05, 0) is 35.9 Å². The Morgan fingerprint density at radius 2 is 1.91 bits per heavy atom. The zero-order valence-corrected chi connectivity index (χ0v) is 14.3. The van der Waals surface area contributed by atoms with Crippen molar-refractivity contribution in [3.63, 3.8) is 0 Å². The Kier molecular flexibility index (Phi) is 4.83. The fourth-order valence-electron chi connectivity index (χ4n) is 2.03. The van der Waals surface area contributed by atoms with E-state index in [0.717, 1.165) is 4.47 Å². The Balaban J connectivity index is 1.70. The molecule has 0 aliphatic carbocycles. The van der Waals surface area contributed by atoms with E-state index in [1.807, 2.05) is 12.1 Å². The lowest BCUT2D eigenvalue weighted by Crippen LogP contribution is -2.12. The second-order valence-electron chi connectivity index (χ2n) is 4.86. The number of benzene rings is 2. The van der Waals surface area contributed by atoms with Gasteiger partial charge in [-0.25, -0.2) is 9.37 Å². The molecule has 1 aromatic heterocycles. The number of amides is 1. The monoisotopic (exact) mass is 390 g/mol. The van der Waals surface area contributed by atoms with Gasteiger partial charge in [0.25, 0.3) is 5.91 Å². The predicted molar refractivity (Wildman–Crippen MR) is 93.4 cm³/mol. The van der Waals surface area contributed by atoms with Crippen molar-refractivity contribution in [3.05, 3.63) is 80.5 Å². The highest BCUT2D eigenvalue weighted by Gasteiger charge is 2.12. The van der Waals surface area contributed by atoms with E-state index >= 15 is 0 Å². The van der Waals surface area contributed by atoms with Crippen LogP contribution < -0.4 is 5.32 Å². The van der Waals surface area contributed by atoms with Gasteiger partial charge in [-0.2, -0.15) is 0 Å². The van der Waals surface area contributed by atoms with Gasteiger partial charge in [0.05, 0.1) is 5.01 Å². The van der Waals surface area contributed by atoms with Crippen molar-refractivity contribution in [3.8, 4) is 0 Å². The van der Waals surface area contributed by atoms with Gasteiger partial charge in [0, 0.05) is 22.0 Å². The molecule has 3 rings (SSSR count). The molecule has 0 spiro atoms. The first kappa shape index (κ1) is 15.8. The molecular weight excluding hydrogens is 379 g/mol.